The van der Waals surface area contributed by atoms with Crippen molar-refractivity contribution >= 4 is 17.3 Å². The zero-order chi connectivity index (χ0) is 16.1. The summed E-state index contributed by atoms with van der Waals surface area (Å²) >= 11 is 0. The van der Waals surface area contributed by atoms with E-state index in [9.17, 15) is 4.79 Å². The van der Waals surface area contributed by atoms with Gasteiger partial charge in [0.1, 0.15) is 0 Å². The zero-order valence-corrected chi connectivity index (χ0v) is 13.2. The van der Waals surface area contributed by atoms with Crippen LogP contribution in [0.4, 0.5) is 5.69 Å². The molecule has 0 bridgehead atoms. The Morgan fingerprint density at radius 1 is 1.26 bits per heavy atom. The van der Waals surface area contributed by atoms with E-state index in [2.05, 4.69) is 32.5 Å². The quantitative estimate of drug-likeness (QED) is 0.697. The molecule has 5 nitrogen and oxygen atoms in total. The highest BCUT2D eigenvalue weighted by molar-refractivity contribution is 5.99. The Morgan fingerprint density at radius 3 is 2.87 bits per heavy atom. The van der Waals surface area contributed by atoms with Gasteiger partial charge in [0.05, 0.1) is 12.3 Å². The molecule has 118 valence electrons. The summed E-state index contributed by atoms with van der Waals surface area (Å²) in [4.78, 5) is 18.3. The summed E-state index contributed by atoms with van der Waals surface area (Å²) in [5, 5.41) is 4.18. The summed E-state index contributed by atoms with van der Waals surface area (Å²) in [5.74, 6) is -0.102. The Bertz CT molecular complexity index is 712. The van der Waals surface area contributed by atoms with E-state index in [4.69, 9.17) is 0 Å². The first-order valence-electron chi connectivity index (χ1n) is 7.80. The van der Waals surface area contributed by atoms with E-state index < -0.39 is 0 Å². The zero-order valence-electron chi connectivity index (χ0n) is 13.2. The number of benzene rings is 1. The number of amides is 1. The number of para-hydroxylation sites is 1. The van der Waals surface area contributed by atoms with Crippen molar-refractivity contribution in [3.63, 3.8) is 0 Å². The maximum atomic E-state index is 12.2. The number of aryl methyl sites for hydroxylation is 1. The normalized spacial score (nSPS) is 14.3. The molecule has 0 unspecified atom stereocenters. The second kappa shape index (κ2) is 7.05. The molecule has 0 saturated carbocycles. The van der Waals surface area contributed by atoms with Crippen LogP contribution in [0, 0.1) is 0 Å². The summed E-state index contributed by atoms with van der Waals surface area (Å²) in [6.45, 7) is 3.09. The third-order valence-corrected chi connectivity index (χ3v) is 3.99. The number of carbonyl (C=O) groups is 1. The molecular weight excluding hydrogens is 288 g/mol. The van der Waals surface area contributed by atoms with Crippen molar-refractivity contribution in [2.24, 2.45) is 5.10 Å². The first-order valence-corrected chi connectivity index (χ1v) is 7.80. The lowest BCUT2D eigenvalue weighted by Crippen LogP contribution is -2.38. The van der Waals surface area contributed by atoms with Gasteiger partial charge in [-0.1, -0.05) is 18.2 Å². The van der Waals surface area contributed by atoms with Crippen LogP contribution < -0.4 is 10.3 Å². The van der Waals surface area contributed by atoms with Gasteiger partial charge in [0.25, 0.3) is 5.91 Å². The van der Waals surface area contributed by atoms with E-state index in [-0.39, 0.29) is 5.91 Å². The summed E-state index contributed by atoms with van der Waals surface area (Å²) < 4.78 is 0. The molecule has 1 aromatic carbocycles. The van der Waals surface area contributed by atoms with Gasteiger partial charge in [0, 0.05) is 30.2 Å². The Kier molecular flexibility index (Phi) is 4.66. The Labute approximate surface area is 136 Å². The molecule has 1 aromatic heterocycles. The molecular formula is C18H20N4O. The van der Waals surface area contributed by atoms with Crippen LogP contribution in [0.15, 0.2) is 53.9 Å². The second-order valence-electron chi connectivity index (χ2n) is 5.62. The van der Waals surface area contributed by atoms with Gasteiger partial charge in [0.2, 0.25) is 0 Å². The van der Waals surface area contributed by atoms with Crippen molar-refractivity contribution in [2.75, 3.05) is 18.0 Å². The molecule has 0 spiro atoms. The molecule has 1 N–H and O–H groups in total. The second-order valence-corrected chi connectivity index (χ2v) is 5.62. The van der Waals surface area contributed by atoms with Crippen LogP contribution in [-0.4, -0.2) is 29.7 Å². The summed E-state index contributed by atoms with van der Waals surface area (Å²) in [7, 11) is 0. The summed E-state index contributed by atoms with van der Waals surface area (Å²) in [5.41, 5.74) is 6.82. The number of carbonyl (C=O) groups excluding carboxylic acids is 1. The molecule has 0 radical (unpaired) electrons. The molecule has 0 fully saturated rings. The van der Waals surface area contributed by atoms with Crippen molar-refractivity contribution in [3.05, 3.63) is 59.9 Å². The maximum Gasteiger partial charge on any atom is 0.259 e. The SMILES string of the molecule is CC(=NNC(=O)CN1CCCc2ccccc21)c1ccncc1. The number of anilines is 1. The number of hydrogen-bond acceptors (Lipinski definition) is 4. The minimum Gasteiger partial charge on any atom is -0.362 e. The number of pyridine rings is 1. The van der Waals surface area contributed by atoms with Crippen LogP contribution in [0.2, 0.25) is 0 Å². The van der Waals surface area contributed by atoms with Crippen LogP contribution in [0.1, 0.15) is 24.5 Å². The van der Waals surface area contributed by atoms with E-state index in [1.54, 1.807) is 12.4 Å². The molecule has 3 rings (SSSR count). The van der Waals surface area contributed by atoms with Crippen molar-refractivity contribution in [1.82, 2.24) is 10.4 Å². The first kappa shape index (κ1) is 15.2. The molecule has 1 aliphatic rings. The van der Waals surface area contributed by atoms with Crippen LogP contribution in [0.5, 0.6) is 0 Å². The van der Waals surface area contributed by atoms with Gasteiger partial charge in [-0.25, -0.2) is 5.43 Å². The van der Waals surface area contributed by atoms with Gasteiger partial charge in [-0.05, 0) is 43.5 Å². The molecule has 1 aliphatic heterocycles. The molecule has 0 aliphatic carbocycles. The smallest absolute Gasteiger partial charge is 0.259 e. The Hall–Kier alpha value is -2.69. The lowest BCUT2D eigenvalue weighted by Gasteiger charge is -2.30. The van der Waals surface area contributed by atoms with Crippen molar-refractivity contribution in [1.29, 1.82) is 0 Å². The number of rotatable bonds is 4. The Morgan fingerprint density at radius 2 is 2.04 bits per heavy atom. The van der Waals surface area contributed by atoms with Gasteiger partial charge in [-0.3, -0.25) is 9.78 Å². The summed E-state index contributed by atoms with van der Waals surface area (Å²) in [6, 6.07) is 12.0. The van der Waals surface area contributed by atoms with Gasteiger partial charge >= 0.3 is 0 Å². The third-order valence-electron chi connectivity index (χ3n) is 3.99. The predicted octanol–water partition coefficient (Wildman–Crippen LogP) is 2.37. The highest BCUT2D eigenvalue weighted by atomic mass is 16.2. The topological polar surface area (TPSA) is 57.6 Å². The standard InChI is InChI=1S/C18H20N4O/c1-14(15-8-10-19-11-9-15)20-21-18(23)13-22-12-4-6-16-5-2-3-7-17(16)22/h2-3,5,7-11H,4,6,12-13H2,1H3,(H,21,23). The Balaban J connectivity index is 1.62. The van der Waals surface area contributed by atoms with Gasteiger partial charge in [0.15, 0.2) is 0 Å². The van der Waals surface area contributed by atoms with Crippen LogP contribution in [0.3, 0.4) is 0 Å². The third kappa shape index (κ3) is 3.74. The number of aromatic nitrogens is 1. The fraction of sp³-hybridized carbons (Fsp3) is 0.278. The average Bonchev–Trinajstić information content (AvgIpc) is 2.61. The molecule has 2 aromatic rings. The van der Waals surface area contributed by atoms with Crippen LogP contribution in [-0.2, 0) is 11.2 Å². The summed E-state index contributed by atoms with van der Waals surface area (Å²) in [6.07, 6.45) is 5.57. The highest BCUT2D eigenvalue weighted by Crippen LogP contribution is 2.26. The predicted molar refractivity (Wildman–Crippen MR) is 91.6 cm³/mol. The van der Waals surface area contributed by atoms with E-state index in [1.807, 2.05) is 31.2 Å². The monoisotopic (exact) mass is 308 g/mol. The van der Waals surface area contributed by atoms with Gasteiger partial charge in [-0.2, -0.15) is 5.10 Å². The lowest BCUT2D eigenvalue weighted by molar-refractivity contribution is -0.119. The molecule has 5 heteroatoms. The van der Waals surface area contributed by atoms with Crippen LogP contribution >= 0.6 is 0 Å². The van der Waals surface area contributed by atoms with Crippen molar-refractivity contribution in [2.45, 2.75) is 19.8 Å². The van der Waals surface area contributed by atoms with E-state index in [1.165, 1.54) is 5.56 Å². The van der Waals surface area contributed by atoms with E-state index >= 15 is 0 Å². The minimum absolute atomic E-state index is 0.102. The lowest BCUT2D eigenvalue weighted by atomic mass is 10.0. The minimum atomic E-state index is -0.102. The molecule has 1 amide bonds. The maximum absolute atomic E-state index is 12.2. The molecule has 2 heterocycles. The van der Waals surface area contributed by atoms with Crippen molar-refractivity contribution in [3.8, 4) is 0 Å². The largest absolute Gasteiger partial charge is 0.362 e. The molecule has 0 atom stereocenters. The first-order chi connectivity index (χ1) is 11.2. The van der Waals surface area contributed by atoms with Crippen molar-refractivity contribution < 1.29 is 4.79 Å². The average molecular weight is 308 g/mol. The highest BCUT2D eigenvalue weighted by Gasteiger charge is 2.18. The molecule has 0 saturated heterocycles. The number of hydrazone groups is 1. The van der Waals surface area contributed by atoms with Gasteiger partial charge < -0.3 is 4.90 Å². The number of nitrogens with zero attached hydrogens (tertiary/aromatic N) is 3. The number of fused-ring (bicyclic) bond motifs is 1. The van der Waals surface area contributed by atoms with Gasteiger partial charge in [-0.15, -0.1) is 0 Å². The molecule has 23 heavy (non-hydrogen) atoms. The number of nitrogens with one attached hydrogen (secondary N) is 1. The van der Waals surface area contributed by atoms with E-state index in [0.717, 1.165) is 36.3 Å². The van der Waals surface area contributed by atoms with E-state index in [0.29, 0.717) is 6.54 Å². The fourth-order valence-corrected chi connectivity index (χ4v) is 2.79. The fourth-order valence-electron chi connectivity index (χ4n) is 2.79. The number of hydrogen-bond donors (Lipinski definition) is 1. The van der Waals surface area contributed by atoms with Crippen LogP contribution in [0.25, 0.3) is 0 Å².